The van der Waals surface area contributed by atoms with E-state index in [1.165, 1.54) is 4.80 Å². The molecule has 5 rings (SSSR count). The average molecular weight is 449 g/mol. The molecule has 0 spiro atoms. The first-order chi connectivity index (χ1) is 16.1. The Balaban J connectivity index is 1.46. The van der Waals surface area contributed by atoms with Crippen LogP contribution in [0.25, 0.3) is 17.0 Å². The van der Waals surface area contributed by atoms with Crippen molar-refractivity contribution in [3.05, 3.63) is 41.6 Å². The molecular weight excluding hydrogens is 420 g/mol. The zero-order valence-corrected chi connectivity index (χ0v) is 19.1. The molecule has 1 saturated heterocycles. The van der Waals surface area contributed by atoms with Crippen LogP contribution in [0, 0.1) is 0 Å². The summed E-state index contributed by atoms with van der Waals surface area (Å²) >= 11 is 0. The molecule has 172 valence electrons. The van der Waals surface area contributed by atoms with Gasteiger partial charge in [-0.25, -0.2) is 0 Å². The molecule has 1 fully saturated rings. The fourth-order valence-corrected chi connectivity index (χ4v) is 3.98. The number of benzene rings is 1. The van der Waals surface area contributed by atoms with E-state index in [1.807, 2.05) is 30.5 Å². The van der Waals surface area contributed by atoms with Gasteiger partial charge in [-0.05, 0) is 36.1 Å². The van der Waals surface area contributed by atoms with Crippen molar-refractivity contribution in [2.24, 2.45) is 7.05 Å². The summed E-state index contributed by atoms with van der Waals surface area (Å²) in [5.74, 6) is 1.43. The number of nitrogens with zero attached hydrogens (tertiary/aromatic N) is 8. The number of hydrogen-bond donors (Lipinski definition) is 2. The molecule has 0 aliphatic carbocycles. The molecule has 33 heavy (non-hydrogen) atoms. The van der Waals surface area contributed by atoms with Gasteiger partial charge < -0.3 is 15.4 Å². The Morgan fingerprint density at radius 1 is 1.24 bits per heavy atom. The zero-order valence-electron chi connectivity index (χ0n) is 19.1. The highest BCUT2D eigenvalue weighted by Crippen LogP contribution is 2.25. The maximum Gasteiger partial charge on any atom is 0.322 e. The number of ether oxygens (including phenoxy) is 1. The molecule has 0 bridgehead atoms. The van der Waals surface area contributed by atoms with Gasteiger partial charge in [-0.1, -0.05) is 38.1 Å². The number of rotatable bonds is 7. The van der Waals surface area contributed by atoms with Gasteiger partial charge in [0.2, 0.25) is 11.8 Å². The first-order valence-electron chi connectivity index (χ1n) is 11.3. The van der Waals surface area contributed by atoms with Crippen LogP contribution in [0.1, 0.15) is 43.7 Å². The SMILES string of the molecule is CC(C)c1cnn2c(NCc3ccccc3-c3nnn(C)n3)nc(O[C@@H]3CCCNC3)nc12. The smallest absolute Gasteiger partial charge is 0.322 e. The number of hydrogen-bond acceptors (Lipinski definition) is 9. The molecule has 2 N–H and O–H groups in total. The summed E-state index contributed by atoms with van der Waals surface area (Å²) in [6.07, 6.45) is 3.97. The third-order valence-corrected chi connectivity index (χ3v) is 5.72. The highest BCUT2D eigenvalue weighted by Gasteiger charge is 2.20. The van der Waals surface area contributed by atoms with Gasteiger partial charge in [0, 0.05) is 24.2 Å². The second kappa shape index (κ2) is 9.10. The van der Waals surface area contributed by atoms with E-state index < -0.39 is 0 Å². The van der Waals surface area contributed by atoms with Gasteiger partial charge in [0.05, 0.1) is 13.2 Å². The molecular formula is C22H28N10O. The fraction of sp³-hybridized carbons (Fsp3) is 0.455. The number of piperidine rings is 1. The molecule has 4 heterocycles. The van der Waals surface area contributed by atoms with Crippen LogP contribution in [-0.4, -0.2) is 59.0 Å². The topological polar surface area (TPSA) is 120 Å². The van der Waals surface area contributed by atoms with Gasteiger partial charge in [-0.15, -0.1) is 10.2 Å². The van der Waals surface area contributed by atoms with Crippen LogP contribution in [0.5, 0.6) is 6.01 Å². The summed E-state index contributed by atoms with van der Waals surface area (Å²) in [5, 5.41) is 23.8. The third-order valence-electron chi connectivity index (χ3n) is 5.72. The van der Waals surface area contributed by atoms with E-state index in [0.717, 1.165) is 48.3 Å². The largest absolute Gasteiger partial charge is 0.459 e. The standard InChI is InChI=1S/C22H28N10O/c1-14(2)18-13-25-32-20(18)26-22(33-16-8-6-10-23-12-16)27-21(32)24-11-15-7-4-5-9-17(15)19-28-30-31(3)29-19/h4-5,7,9,13-14,16,23H,6,8,10-12H2,1-3H3,(H,24,26,27)/t16-/m1/s1. The van der Waals surface area contributed by atoms with Crippen molar-refractivity contribution in [2.75, 3.05) is 18.4 Å². The summed E-state index contributed by atoms with van der Waals surface area (Å²) in [6, 6.07) is 8.33. The minimum absolute atomic E-state index is 0.0583. The Kier molecular flexibility index (Phi) is 5.86. The van der Waals surface area contributed by atoms with Crippen LogP contribution in [0.15, 0.2) is 30.5 Å². The molecule has 1 aliphatic rings. The normalized spacial score (nSPS) is 16.4. The Morgan fingerprint density at radius 3 is 2.88 bits per heavy atom. The van der Waals surface area contributed by atoms with Crippen LogP contribution < -0.4 is 15.4 Å². The van der Waals surface area contributed by atoms with Crippen LogP contribution in [-0.2, 0) is 13.6 Å². The number of tetrazole rings is 1. The number of aryl methyl sites for hydroxylation is 1. The monoisotopic (exact) mass is 448 g/mol. The number of aromatic nitrogens is 8. The maximum atomic E-state index is 6.16. The Labute approximate surface area is 191 Å². The summed E-state index contributed by atoms with van der Waals surface area (Å²) < 4.78 is 7.90. The Bertz CT molecular complexity index is 1240. The average Bonchev–Trinajstić information content (AvgIpc) is 3.45. The fourth-order valence-electron chi connectivity index (χ4n) is 3.98. The van der Waals surface area contributed by atoms with Crippen molar-refractivity contribution < 1.29 is 4.74 Å². The predicted molar refractivity (Wildman–Crippen MR) is 123 cm³/mol. The summed E-state index contributed by atoms with van der Waals surface area (Å²) in [5.41, 5.74) is 3.74. The van der Waals surface area contributed by atoms with Crippen molar-refractivity contribution in [2.45, 2.75) is 45.3 Å². The lowest BCUT2D eigenvalue weighted by Crippen LogP contribution is -2.37. The molecule has 11 nitrogen and oxygen atoms in total. The maximum absolute atomic E-state index is 6.16. The van der Waals surface area contributed by atoms with E-state index in [9.17, 15) is 0 Å². The molecule has 0 radical (unpaired) electrons. The van der Waals surface area contributed by atoms with Gasteiger partial charge >= 0.3 is 6.01 Å². The van der Waals surface area contributed by atoms with Crippen molar-refractivity contribution in [1.82, 2.24) is 45.1 Å². The highest BCUT2D eigenvalue weighted by atomic mass is 16.5. The van der Waals surface area contributed by atoms with Crippen LogP contribution in [0.4, 0.5) is 5.95 Å². The third kappa shape index (κ3) is 4.49. The molecule has 0 saturated carbocycles. The van der Waals surface area contributed by atoms with Gasteiger partial charge in [-0.3, -0.25) is 0 Å². The molecule has 1 aliphatic heterocycles. The first kappa shape index (κ1) is 21.3. The first-order valence-corrected chi connectivity index (χ1v) is 11.3. The second-order valence-corrected chi connectivity index (χ2v) is 8.52. The van der Waals surface area contributed by atoms with Crippen LogP contribution in [0.2, 0.25) is 0 Å². The van der Waals surface area contributed by atoms with E-state index in [-0.39, 0.29) is 12.0 Å². The number of fused-ring (bicyclic) bond motifs is 1. The van der Waals surface area contributed by atoms with Crippen molar-refractivity contribution in [3.63, 3.8) is 0 Å². The lowest BCUT2D eigenvalue weighted by molar-refractivity contribution is 0.153. The Morgan fingerprint density at radius 2 is 2.12 bits per heavy atom. The summed E-state index contributed by atoms with van der Waals surface area (Å²) in [4.78, 5) is 10.8. The van der Waals surface area contributed by atoms with E-state index in [1.54, 1.807) is 11.6 Å². The van der Waals surface area contributed by atoms with Gasteiger partial charge in [0.1, 0.15) is 6.10 Å². The predicted octanol–water partition coefficient (Wildman–Crippen LogP) is 2.18. The van der Waals surface area contributed by atoms with E-state index in [4.69, 9.17) is 9.72 Å². The van der Waals surface area contributed by atoms with Gasteiger partial charge in [0.25, 0.3) is 0 Å². The van der Waals surface area contributed by atoms with Crippen LogP contribution in [0.3, 0.4) is 0 Å². The van der Waals surface area contributed by atoms with E-state index in [2.05, 4.69) is 50.0 Å². The molecule has 4 aromatic rings. The molecule has 11 heteroatoms. The van der Waals surface area contributed by atoms with Crippen molar-refractivity contribution in [1.29, 1.82) is 0 Å². The van der Waals surface area contributed by atoms with Crippen LogP contribution >= 0.6 is 0 Å². The highest BCUT2D eigenvalue weighted by molar-refractivity contribution is 5.60. The molecule has 0 unspecified atom stereocenters. The molecule has 1 aromatic carbocycles. The van der Waals surface area contributed by atoms with Gasteiger partial charge in [0.15, 0.2) is 5.65 Å². The van der Waals surface area contributed by atoms with Gasteiger partial charge in [-0.2, -0.15) is 24.4 Å². The lowest BCUT2D eigenvalue weighted by atomic mass is 10.1. The quantitative estimate of drug-likeness (QED) is 0.438. The molecule has 3 aromatic heterocycles. The number of nitrogens with one attached hydrogen (secondary N) is 2. The molecule has 0 amide bonds. The summed E-state index contributed by atoms with van der Waals surface area (Å²) in [7, 11) is 1.75. The van der Waals surface area contributed by atoms with E-state index >= 15 is 0 Å². The van der Waals surface area contributed by atoms with E-state index in [0.29, 0.717) is 24.3 Å². The Hall–Kier alpha value is -3.60. The number of anilines is 1. The van der Waals surface area contributed by atoms with Crippen molar-refractivity contribution in [3.8, 4) is 17.4 Å². The second-order valence-electron chi connectivity index (χ2n) is 8.52. The zero-order chi connectivity index (χ0) is 22.8. The molecule has 1 atom stereocenters. The lowest BCUT2D eigenvalue weighted by Gasteiger charge is -2.23. The minimum atomic E-state index is 0.0583. The summed E-state index contributed by atoms with van der Waals surface area (Å²) in [6.45, 7) is 6.57. The minimum Gasteiger partial charge on any atom is -0.459 e. The van der Waals surface area contributed by atoms with Crippen molar-refractivity contribution >= 4 is 11.6 Å².